The zero-order chi connectivity index (χ0) is 14.5. The highest BCUT2D eigenvalue weighted by molar-refractivity contribution is 5.69. The molecular weight excluding hydrogens is 259 g/mol. The molecule has 0 amide bonds. The fourth-order valence-electron chi connectivity index (χ4n) is 1.78. The first-order valence-electron chi connectivity index (χ1n) is 6.22. The number of carbonyl (C=O) groups is 1. The predicted molar refractivity (Wildman–Crippen MR) is 73.2 cm³/mol. The van der Waals surface area contributed by atoms with E-state index in [0.29, 0.717) is 5.56 Å². The molecule has 104 valence electrons. The van der Waals surface area contributed by atoms with Crippen LogP contribution in [0, 0.1) is 12.7 Å². The van der Waals surface area contributed by atoms with Crippen molar-refractivity contribution < 1.29 is 18.7 Å². The van der Waals surface area contributed by atoms with Gasteiger partial charge in [0.2, 0.25) is 5.82 Å². The second-order valence-corrected chi connectivity index (χ2v) is 4.39. The molecule has 0 aliphatic heterocycles. The number of hydrogen-bond donors (Lipinski definition) is 0. The molecule has 0 aromatic heterocycles. The lowest BCUT2D eigenvalue weighted by Crippen LogP contribution is -2.06. The Hall–Kier alpha value is -2.36. The van der Waals surface area contributed by atoms with Gasteiger partial charge >= 0.3 is 5.97 Å². The molecule has 0 unspecified atom stereocenters. The zero-order valence-electron chi connectivity index (χ0n) is 11.4. The van der Waals surface area contributed by atoms with Crippen LogP contribution in [0.1, 0.15) is 18.1 Å². The lowest BCUT2D eigenvalue weighted by molar-refractivity contribution is -0.132. The van der Waals surface area contributed by atoms with E-state index in [1.807, 2.05) is 30.3 Å². The quantitative estimate of drug-likeness (QED) is 0.630. The van der Waals surface area contributed by atoms with Gasteiger partial charge in [0.1, 0.15) is 6.61 Å². The third kappa shape index (κ3) is 3.35. The number of rotatable bonds is 4. The van der Waals surface area contributed by atoms with Crippen LogP contribution in [0.5, 0.6) is 11.5 Å². The van der Waals surface area contributed by atoms with Crippen molar-refractivity contribution in [2.24, 2.45) is 0 Å². The summed E-state index contributed by atoms with van der Waals surface area (Å²) >= 11 is 0. The molecule has 3 nitrogen and oxygen atoms in total. The van der Waals surface area contributed by atoms with Crippen LogP contribution >= 0.6 is 0 Å². The number of halogens is 1. The Morgan fingerprint density at radius 2 is 1.85 bits per heavy atom. The number of hydrogen-bond acceptors (Lipinski definition) is 3. The van der Waals surface area contributed by atoms with Crippen molar-refractivity contribution in [1.82, 2.24) is 0 Å². The highest BCUT2D eigenvalue weighted by atomic mass is 19.1. The smallest absolute Gasteiger partial charge is 0.308 e. The van der Waals surface area contributed by atoms with Gasteiger partial charge < -0.3 is 9.47 Å². The van der Waals surface area contributed by atoms with E-state index in [2.05, 4.69) is 0 Å². The van der Waals surface area contributed by atoms with E-state index in [4.69, 9.17) is 9.47 Å². The molecule has 0 saturated carbocycles. The summed E-state index contributed by atoms with van der Waals surface area (Å²) in [5, 5.41) is 0. The van der Waals surface area contributed by atoms with Crippen LogP contribution in [0.3, 0.4) is 0 Å². The maximum absolute atomic E-state index is 14.2. The molecule has 0 saturated heterocycles. The standard InChI is InChI=1S/C16H15FO3/c1-11-8-9-14(20-12(2)18)15(17)16(11)19-10-13-6-4-3-5-7-13/h3-9H,10H2,1-2H3. The van der Waals surface area contributed by atoms with E-state index >= 15 is 0 Å². The minimum absolute atomic E-state index is 0.104. The maximum Gasteiger partial charge on any atom is 0.308 e. The van der Waals surface area contributed by atoms with E-state index < -0.39 is 11.8 Å². The normalized spacial score (nSPS) is 10.2. The highest BCUT2D eigenvalue weighted by Crippen LogP contribution is 2.30. The summed E-state index contributed by atoms with van der Waals surface area (Å²) in [6.07, 6.45) is 0. The Kier molecular flexibility index (Phi) is 4.35. The van der Waals surface area contributed by atoms with Crippen LogP contribution < -0.4 is 9.47 Å². The van der Waals surface area contributed by atoms with Gasteiger partial charge in [-0.25, -0.2) is 0 Å². The number of carbonyl (C=O) groups excluding carboxylic acids is 1. The second kappa shape index (κ2) is 6.19. The van der Waals surface area contributed by atoms with Crippen molar-refractivity contribution in [3.63, 3.8) is 0 Å². The third-order valence-corrected chi connectivity index (χ3v) is 2.74. The van der Waals surface area contributed by atoms with Gasteiger partial charge in [-0.05, 0) is 24.1 Å². The molecular formula is C16H15FO3. The molecule has 0 aliphatic rings. The fraction of sp³-hybridized carbons (Fsp3) is 0.188. The lowest BCUT2D eigenvalue weighted by Gasteiger charge is -2.12. The summed E-state index contributed by atoms with van der Waals surface area (Å²) in [5.41, 5.74) is 1.58. The monoisotopic (exact) mass is 274 g/mol. The molecule has 0 spiro atoms. The first-order chi connectivity index (χ1) is 9.58. The molecule has 0 N–H and O–H groups in total. The van der Waals surface area contributed by atoms with E-state index in [0.717, 1.165) is 5.56 Å². The van der Waals surface area contributed by atoms with Gasteiger partial charge in [-0.1, -0.05) is 36.4 Å². The highest BCUT2D eigenvalue weighted by Gasteiger charge is 2.15. The van der Waals surface area contributed by atoms with Gasteiger partial charge in [0, 0.05) is 6.92 Å². The van der Waals surface area contributed by atoms with Crippen molar-refractivity contribution in [3.8, 4) is 11.5 Å². The summed E-state index contributed by atoms with van der Waals surface area (Å²) in [6, 6.07) is 12.5. The molecule has 0 bridgehead atoms. The summed E-state index contributed by atoms with van der Waals surface area (Å²) in [4.78, 5) is 10.9. The topological polar surface area (TPSA) is 35.5 Å². The second-order valence-electron chi connectivity index (χ2n) is 4.39. The van der Waals surface area contributed by atoms with Gasteiger partial charge in [0.25, 0.3) is 0 Å². The number of benzene rings is 2. The summed E-state index contributed by atoms with van der Waals surface area (Å²) in [6.45, 7) is 3.22. The molecule has 0 fully saturated rings. The maximum atomic E-state index is 14.2. The van der Waals surface area contributed by atoms with Crippen LogP contribution in [-0.4, -0.2) is 5.97 Å². The fourth-order valence-corrected chi connectivity index (χ4v) is 1.78. The summed E-state index contributed by atoms with van der Waals surface area (Å²) < 4.78 is 24.5. The SMILES string of the molecule is CC(=O)Oc1ccc(C)c(OCc2ccccc2)c1F. The Balaban J connectivity index is 2.20. The minimum atomic E-state index is -0.656. The average Bonchev–Trinajstić information content (AvgIpc) is 2.43. The molecule has 2 rings (SSSR count). The van der Waals surface area contributed by atoms with Crippen molar-refractivity contribution in [1.29, 1.82) is 0 Å². The third-order valence-electron chi connectivity index (χ3n) is 2.74. The van der Waals surface area contributed by atoms with Gasteiger partial charge in [-0.15, -0.1) is 0 Å². The van der Waals surface area contributed by atoms with Crippen molar-refractivity contribution in [3.05, 3.63) is 59.4 Å². The Labute approximate surface area is 117 Å². The summed E-state index contributed by atoms with van der Waals surface area (Å²) in [7, 11) is 0. The summed E-state index contributed by atoms with van der Waals surface area (Å²) in [5.74, 6) is -1.24. The molecule has 2 aromatic rings. The van der Waals surface area contributed by atoms with Crippen LogP contribution in [0.15, 0.2) is 42.5 Å². The van der Waals surface area contributed by atoms with Crippen molar-refractivity contribution >= 4 is 5.97 Å². The first-order valence-corrected chi connectivity index (χ1v) is 6.22. The van der Waals surface area contributed by atoms with Gasteiger partial charge in [0.05, 0.1) is 0 Å². The molecule has 0 heterocycles. The number of aryl methyl sites for hydroxylation is 1. The van der Waals surface area contributed by atoms with E-state index in [1.165, 1.54) is 13.0 Å². The van der Waals surface area contributed by atoms with Crippen molar-refractivity contribution in [2.75, 3.05) is 0 Å². The Morgan fingerprint density at radius 3 is 2.50 bits per heavy atom. The molecule has 20 heavy (non-hydrogen) atoms. The number of ether oxygens (including phenoxy) is 2. The van der Waals surface area contributed by atoms with E-state index in [-0.39, 0.29) is 18.1 Å². The molecule has 0 radical (unpaired) electrons. The minimum Gasteiger partial charge on any atom is -0.485 e. The largest absolute Gasteiger partial charge is 0.485 e. The van der Waals surface area contributed by atoms with Crippen molar-refractivity contribution in [2.45, 2.75) is 20.5 Å². The van der Waals surface area contributed by atoms with Gasteiger partial charge in [0.15, 0.2) is 11.5 Å². The van der Waals surface area contributed by atoms with Gasteiger partial charge in [-0.2, -0.15) is 4.39 Å². The zero-order valence-corrected chi connectivity index (χ0v) is 11.4. The molecule has 2 aromatic carbocycles. The van der Waals surface area contributed by atoms with Gasteiger partial charge in [-0.3, -0.25) is 4.79 Å². The van der Waals surface area contributed by atoms with E-state index in [1.54, 1.807) is 13.0 Å². The first kappa shape index (κ1) is 14.1. The average molecular weight is 274 g/mol. The Bertz CT molecular complexity index is 609. The van der Waals surface area contributed by atoms with E-state index in [9.17, 15) is 9.18 Å². The molecule has 4 heteroatoms. The predicted octanol–water partition coefficient (Wildman–Crippen LogP) is 3.64. The van der Waals surface area contributed by atoms with Crippen LogP contribution in [-0.2, 0) is 11.4 Å². The molecule has 0 aliphatic carbocycles. The molecule has 0 atom stereocenters. The lowest BCUT2D eigenvalue weighted by atomic mass is 10.2. The van der Waals surface area contributed by atoms with Crippen LogP contribution in [0.25, 0.3) is 0 Å². The number of esters is 1. The Morgan fingerprint density at radius 1 is 1.15 bits per heavy atom. The van der Waals surface area contributed by atoms with Crippen LogP contribution in [0.2, 0.25) is 0 Å². The van der Waals surface area contributed by atoms with Crippen LogP contribution in [0.4, 0.5) is 4.39 Å².